The molecule has 0 amide bonds. The Balaban J connectivity index is 1.80. The van der Waals surface area contributed by atoms with E-state index in [0.29, 0.717) is 17.8 Å². The Labute approximate surface area is 119 Å². The molecule has 1 aromatic carbocycles. The molecule has 2 heterocycles. The van der Waals surface area contributed by atoms with Crippen LogP contribution in [0, 0.1) is 6.92 Å². The highest BCUT2D eigenvalue weighted by atomic mass is 16.4. The van der Waals surface area contributed by atoms with E-state index in [1.165, 1.54) is 0 Å². The molecule has 1 aromatic heterocycles. The molecule has 0 spiro atoms. The number of benzene rings is 1. The lowest BCUT2D eigenvalue weighted by atomic mass is 10.0. The van der Waals surface area contributed by atoms with E-state index in [0.717, 1.165) is 37.2 Å². The quantitative estimate of drug-likeness (QED) is 0.930. The third kappa shape index (κ3) is 2.82. The summed E-state index contributed by atoms with van der Waals surface area (Å²) in [5.41, 5.74) is 2.05. The van der Waals surface area contributed by atoms with Crippen LogP contribution >= 0.6 is 0 Å². The number of para-hydroxylation sites is 1. The summed E-state index contributed by atoms with van der Waals surface area (Å²) in [7, 11) is 2.17. The van der Waals surface area contributed by atoms with Gasteiger partial charge < -0.3 is 14.6 Å². The van der Waals surface area contributed by atoms with Crippen LogP contribution in [0.15, 0.2) is 28.7 Å². The summed E-state index contributed by atoms with van der Waals surface area (Å²) in [5, 5.41) is 11.6. The van der Waals surface area contributed by atoms with Gasteiger partial charge in [0, 0.05) is 18.7 Å². The monoisotopic (exact) mass is 272 g/mol. The zero-order chi connectivity index (χ0) is 13.9. The summed E-state index contributed by atoms with van der Waals surface area (Å²) in [6.45, 7) is 4.09. The van der Waals surface area contributed by atoms with Crippen molar-refractivity contribution in [2.45, 2.75) is 25.8 Å². The van der Waals surface area contributed by atoms with E-state index in [1.54, 1.807) is 0 Å². The number of likely N-dealkylation sites (tertiary alicyclic amines) is 1. The number of rotatable bonds is 3. The minimum absolute atomic E-state index is 0.511. The summed E-state index contributed by atoms with van der Waals surface area (Å²) >= 11 is 0. The summed E-state index contributed by atoms with van der Waals surface area (Å²) in [6.07, 6.45) is 2.32. The van der Waals surface area contributed by atoms with Gasteiger partial charge in [0.2, 0.25) is 11.8 Å². The third-order valence-electron chi connectivity index (χ3n) is 3.76. The Morgan fingerprint density at radius 1 is 1.20 bits per heavy atom. The molecule has 0 saturated carbocycles. The number of hydrogen-bond acceptors (Lipinski definition) is 5. The van der Waals surface area contributed by atoms with Crippen molar-refractivity contribution in [2.24, 2.45) is 0 Å². The second kappa shape index (κ2) is 5.63. The van der Waals surface area contributed by atoms with Crippen LogP contribution in [0.5, 0.6) is 0 Å². The molecule has 5 nitrogen and oxygen atoms in total. The Morgan fingerprint density at radius 3 is 2.65 bits per heavy atom. The van der Waals surface area contributed by atoms with Crippen molar-refractivity contribution in [1.29, 1.82) is 0 Å². The SMILES string of the molecule is Cc1nnc(-c2ccccc2NC2CCN(C)CC2)o1. The first kappa shape index (κ1) is 13.1. The van der Waals surface area contributed by atoms with Gasteiger partial charge in [0.1, 0.15) is 0 Å². The molecular formula is C15H20N4O. The summed E-state index contributed by atoms with van der Waals surface area (Å²) in [4.78, 5) is 2.37. The summed E-state index contributed by atoms with van der Waals surface area (Å²) < 4.78 is 5.55. The average molecular weight is 272 g/mol. The average Bonchev–Trinajstić information content (AvgIpc) is 2.88. The first-order valence-electron chi connectivity index (χ1n) is 7.07. The van der Waals surface area contributed by atoms with Gasteiger partial charge in [-0.3, -0.25) is 0 Å². The van der Waals surface area contributed by atoms with Crippen molar-refractivity contribution >= 4 is 5.69 Å². The standard InChI is InChI=1S/C15H20N4O/c1-11-17-18-15(20-11)13-5-3-4-6-14(13)16-12-7-9-19(2)10-8-12/h3-6,12,16H,7-10H2,1-2H3. The molecule has 1 N–H and O–H groups in total. The van der Waals surface area contributed by atoms with E-state index in [9.17, 15) is 0 Å². The maximum atomic E-state index is 5.55. The van der Waals surface area contributed by atoms with Crippen molar-refractivity contribution < 1.29 is 4.42 Å². The lowest BCUT2D eigenvalue weighted by Gasteiger charge is -2.30. The first-order chi connectivity index (χ1) is 9.72. The van der Waals surface area contributed by atoms with E-state index in [4.69, 9.17) is 4.42 Å². The number of nitrogens with one attached hydrogen (secondary N) is 1. The fraction of sp³-hybridized carbons (Fsp3) is 0.467. The van der Waals surface area contributed by atoms with Crippen LogP contribution in [0.3, 0.4) is 0 Å². The van der Waals surface area contributed by atoms with Gasteiger partial charge in [-0.25, -0.2) is 0 Å². The third-order valence-corrected chi connectivity index (χ3v) is 3.76. The smallest absolute Gasteiger partial charge is 0.249 e. The molecule has 1 aliphatic heterocycles. The van der Waals surface area contributed by atoms with Crippen molar-refractivity contribution in [3.63, 3.8) is 0 Å². The van der Waals surface area contributed by atoms with Gasteiger partial charge in [-0.1, -0.05) is 12.1 Å². The summed E-state index contributed by atoms with van der Waals surface area (Å²) in [6, 6.07) is 8.63. The van der Waals surface area contributed by atoms with Gasteiger partial charge in [-0.05, 0) is 45.1 Å². The molecule has 3 rings (SSSR count). The van der Waals surface area contributed by atoms with Crippen molar-refractivity contribution in [1.82, 2.24) is 15.1 Å². The van der Waals surface area contributed by atoms with Gasteiger partial charge >= 0.3 is 0 Å². The van der Waals surface area contributed by atoms with Crippen molar-refractivity contribution in [3.8, 4) is 11.5 Å². The number of aryl methyl sites for hydroxylation is 1. The van der Waals surface area contributed by atoms with Crippen LogP contribution in [0.25, 0.3) is 11.5 Å². The van der Waals surface area contributed by atoms with Crippen molar-refractivity contribution in [3.05, 3.63) is 30.2 Å². The molecule has 0 atom stereocenters. The number of aromatic nitrogens is 2. The second-order valence-electron chi connectivity index (χ2n) is 5.39. The fourth-order valence-corrected chi connectivity index (χ4v) is 2.57. The molecule has 0 aliphatic carbocycles. The molecule has 0 bridgehead atoms. The molecule has 20 heavy (non-hydrogen) atoms. The lowest BCUT2D eigenvalue weighted by molar-refractivity contribution is 0.264. The number of piperidine rings is 1. The molecule has 0 radical (unpaired) electrons. The Bertz CT molecular complexity index is 573. The van der Waals surface area contributed by atoms with E-state index >= 15 is 0 Å². The predicted molar refractivity (Wildman–Crippen MR) is 78.6 cm³/mol. The topological polar surface area (TPSA) is 54.2 Å². The second-order valence-corrected chi connectivity index (χ2v) is 5.39. The van der Waals surface area contributed by atoms with E-state index < -0.39 is 0 Å². The summed E-state index contributed by atoms with van der Waals surface area (Å²) in [5.74, 6) is 1.17. The minimum Gasteiger partial charge on any atom is -0.421 e. The molecule has 5 heteroatoms. The van der Waals surface area contributed by atoms with Gasteiger partial charge in [-0.15, -0.1) is 10.2 Å². The van der Waals surface area contributed by atoms with E-state index in [-0.39, 0.29) is 0 Å². The van der Waals surface area contributed by atoms with E-state index in [2.05, 4.69) is 33.5 Å². The van der Waals surface area contributed by atoms with Gasteiger partial charge in [-0.2, -0.15) is 0 Å². The van der Waals surface area contributed by atoms with Gasteiger partial charge in [0.25, 0.3) is 0 Å². The maximum absolute atomic E-state index is 5.55. The van der Waals surface area contributed by atoms with Crippen LogP contribution in [0.1, 0.15) is 18.7 Å². The number of anilines is 1. The molecule has 1 fully saturated rings. The largest absolute Gasteiger partial charge is 0.421 e. The highest BCUT2D eigenvalue weighted by Crippen LogP contribution is 2.28. The molecule has 106 valence electrons. The molecule has 1 saturated heterocycles. The normalized spacial score (nSPS) is 17.3. The lowest BCUT2D eigenvalue weighted by Crippen LogP contribution is -2.36. The molecular weight excluding hydrogens is 252 g/mol. The highest BCUT2D eigenvalue weighted by Gasteiger charge is 2.18. The maximum Gasteiger partial charge on any atom is 0.249 e. The van der Waals surface area contributed by atoms with E-state index in [1.807, 2.05) is 25.1 Å². The Hall–Kier alpha value is -1.88. The zero-order valence-corrected chi connectivity index (χ0v) is 12.0. The van der Waals surface area contributed by atoms with Gasteiger partial charge in [0.15, 0.2) is 0 Å². The number of nitrogens with zero attached hydrogens (tertiary/aromatic N) is 3. The van der Waals surface area contributed by atoms with Crippen LogP contribution in [-0.4, -0.2) is 41.3 Å². The Morgan fingerprint density at radius 2 is 1.95 bits per heavy atom. The van der Waals surface area contributed by atoms with Crippen molar-refractivity contribution in [2.75, 3.05) is 25.5 Å². The van der Waals surface area contributed by atoms with Crippen LogP contribution < -0.4 is 5.32 Å². The fourth-order valence-electron chi connectivity index (χ4n) is 2.57. The predicted octanol–water partition coefficient (Wildman–Crippen LogP) is 2.55. The van der Waals surface area contributed by atoms with Crippen LogP contribution in [0.2, 0.25) is 0 Å². The zero-order valence-electron chi connectivity index (χ0n) is 12.0. The first-order valence-corrected chi connectivity index (χ1v) is 7.07. The van der Waals surface area contributed by atoms with Crippen LogP contribution in [-0.2, 0) is 0 Å². The number of hydrogen-bond donors (Lipinski definition) is 1. The molecule has 0 unspecified atom stereocenters. The molecule has 2 aromatic rings. The molecule has 1 aliphatic rings. The van der Waals surface area contributed by atoms with Gasteiger partial charge in [0.05, 0.1) is 5.56 Å². The minimum atomic E-state index is 0.511. The Kier molecular flexibility index (Phi) is 3.69. The highest BCUT2D eigenvalue weighted by molar-refractivity contribution is 5.72. The van der Waals surface area contributed by atoms with Crippen LogP contribution in [0.4, 0.5) is 5.69 Å².